The van der Waals surface area contributed by atoms with Crippen molar-refractivity contribution in [2.75, 3.05) is 27.2 Å². The second-order valence-electron chi connectivity index (χ2n) is 8.01. The Morgan fingerprint density at radius 2 is 1.88 bits per heavy atom. The molecule has 6 nitrogen and oxygen atoms in total. The largest absolute Gasteiger partial charge is 0.317 e. The number of hydrogen-bond acceptors (Lipinski definition) is 6. The summed E-state index contributed by atoms with van der Waals surface area (Å²) in [7, 11) is 6.26. The first-order valence-corrected chi connectivity index (χ1v) is 10.6. The van der Waals surface area contributed by atoms with Crippen LogP contribution in [-0.4, -0.2) is 56.7 Å². The van der Waals surface area contributed by atoms with Crippen LogP contribution in [0.2, 0.25) is 0 Å². The lowest BCUT2D eigenvalue weighted by molar-refractivity contribution is 0.200. The van der Waals surface area contributed by atoms with E-state index in [1.165, 1.54) is 49.2 Å². The number of aryl methyl sites for hydroxylation is 2. The Bertz CT molecular complexity index is 718. The van der Waals surface area contributed by atoms with E-state index >= 15 is 0 Å². The van der Waals surface area contributed by atoms with Gasteiger partial charge < -0.3 is 9.47 Å². The van der Waals surface area contributed by atoms with Gasteiger partial charge >= 0.3 is 0 Å². The molecule has 0 N–H and O–H groups in total. The molecule has 0 atom stereocenters. The average Bonchev–Trinajstić information content (AvgIpc) is 3.19. The molecule has 0 bridgehead atoms. The Kier molecular flexibility index (Phi) is 5.38. The highest BCUT2D eigenvalue weighted by Gasteiger charge is 2.26. The third-order valence-corrected chi connectivity index (χ3v) is 6.80. The summed E-state index contributed by atoms with van der Waals surface area (Å²) in [6, 6.07) is 0. The van der Waals surface area contributed by atoms with Crippen LogP contribution in [0.3, 0.4) is 0 Å². The van der Waals surface area contributed by atoms with Crippen molar-refractivity contribution in [2.45, 2.75) is 57.5 Å². The average molecular weight is 375 g/mol. The quantitative estimate of drug-likeness (QED) is 0.805. The number of aromatic nitrogens is 4. The fourth-order valence-electron chi connectivity index (χ4n) is 4.17. The van der Waals surface area contributed by atoms with E-state index in [0.29, 0.717) is 5.92 Å². The smallest absolute Gasteiger partial charge is 0.146 e. The monoisotopic (exact) mass is 374 g/mol. The molecule has 2 aliphatic rings. The van der Waals surface area contributed by atoms with E-state index in [1.54, 1.807) is 4.88 Å². The first-order valence-electron chi connectivity index (χ1n) is 9.83. The summed E-state index contributed by atoms with van der Waals surface area (Å²) in [6.45, 7) is 4.13. The zero-order valence-corrected chi connectivity index (χ0v) is 17.1. The minimum absolute atomic E-state index is 0.532. The van der Waals surface area contributed by atoms with E-state index < -0.39 is 0 Å². The van der Waals surface area contributed by atoms with Crippen LogP contribution < -0.4 is 0 Å². The summed E-state index contributed by atoms with van der Waals surface area (Å²) in [5.74, 6) is 2.75. The number of thiazole rings is 1. The molecule has 3 heterocycles. The van der Waals surface area contributed by atoms with Gasteiger partial charge in [-0.05, 0) is 65.7 Å². The van der Waals surface area contributed by atoms with Gasteiger partial charge in [-0.3, -0.25) is 4.90 Å². The first kappa shape index (κ1) is 18.1. The molecule has 1 fully saturated rings. The highest BCUT2D eigenvalue weighted by atomic mass is 32.1. The van der Waals surface area contributed by atoms with E-state index in [-0.39, 0.29) is 0 Å². The molecule has 1 aliphatic carbocycles. The molecule has 26 heavy (non-hydrogen) atoms. The van der Waals surface area contributed by atoms with Gasteiger partial charge in [0.25, 0.3) is 0 Å². The number of fused-ring (bicyclic) bond motifs is 1. The summed E-state index contributed by atoms with van der Waals surface area (Å²) in [4.78, 5) is 11.2. The van der Waals surface area contributed by atoms with Crippen LogP contribution in [0, 0.1) is 0 Å². The standard InChI is InChI=1S/C19H30N6S/c1-23(2)12-17-21-22-19(24(17)3)14-8-10-25(11-9-14)13-18-20-15-6-4-5-7-16(15)26-18/h14H,4-13H2,1-3H3. The van der Waals surface area contributed by atoms with E-state index in [9.17, 15) is 0 Å². The maximum Gasteiger partial charge on any atom is 0.146 e. The fraction of sp³-hybridized carbons (Fsp3) is 0.737. The molecule has 2 aromatic heterocycles. The molecule has 0 aromatic carbocycles. The highest BCUT2D eigenvalue weighted by Crippen LogP contribution is 2.30. The molecular weight excluding hydrogens is 344 g/mol. The normalized spacial score (nSPS) is 19.2. The van der Waals surface area contributed by atoms with Gasteiger partial charge in [0.1, 0.15) is 16.7 Å². The molecule has 4 rings (SSSR count). The number of likely N-dealkylation sites (tertiary alicyclic amines) is 1. The van der Waals surface area contributed by atoms with Crippen molar-refractivity contribution in [1.29, 1.82) is 0 Å². The predicted octanol–water partition coefficient (Wildman–Crippen LogP) is 2.59. The zero-order chi connectivity index (χ0) is 18.1. The van der Waals surface area contributed by atoms with Crippen LogP contribution >= 0.6 is 11.3 Å². The second kappa shape index (κ2) is 7.74. The van der Waals surface area contributed by atoms with E-state index in [4.69, 9.17) is 4.98 Å². The third kappa shape index (κ3) is 3.85. The Morgan fingerprint density at radius 1 is 1.12 bits per heavy atom. The molecule has 0 spiro atoms. The Balaban J connectivity index is 1.34. The van der Waals surface area contributed by atoms with Gasteiger partial charge in [-0.25, -0.2) is 4.98 Å². The molecule has 0 amide bonds. The summed E-state index contributed by atoms with van der Waals surface area (Å²) >= 11 is 1.95. The van der Waals surface area contributed by atoms with Gasteiger partial charge in [0.05, 0.1) is 18.8 Å². The summed E-state index contributed by atoms with van der Waals surface area (Å²) in [5, 5.41) is 10.2. The summed E-state index contributed by atoms with van der Waals surface area (Å²) in [6.07, 6.45) is 7.42. The Hall–Kier alpha value is -1.31. The van der Waals surface area contributed by atoms with Crippen LogP contribution in [0.1, 0.15) is 58.8 Å². The number of piperidine rings is 1. The van der Waals surface area contributed by atoms with Gasteiger partial charge in [-0.2, -0.15) is 0 Å². The van der Waals surface area contributed by atoms with Crippen LogP contribution in [0.4, 0.5) is 0 Å². The van der Waals surface area contributed by atoms with Crippen molar-refractivity contribution in [3.05, 3.63) is 27.2 Å². The lowest BCUT2D eigenvalue weighted by atomic mass is 9.96. The molecule has 0 saturated carbocycles. The molecule has 1 saturated heterocycles. The van der Waals surface area contributed by atoms with Crippen LogP contribution in [0.15, 0.2) is 0 Å². The second-order valence-corrected chi connectivity index (χ2v) is 9.17. The third-order valence-electron chi connectivity index (χ3n) is 5.66. The summed E-state index contributed by atoms with van der Waals surface area (Å²) in [5.41, 5.74) is 1.39. The van der Waals surface area contributed by atoms with E-state index in [2.05, 4.69) is 45.7 Å². The predicted molar refractivity (Wildman–Crippen MR) is 104 cm³/mol. The Morgan fingerprint density at radius 3 is 2.62 bits per heavy atom. The van der Waals surface area contributed by atoms with E-state index in [1.807, 2.05) is 11.3 Å². The van der Waals surface area contributed by atoms with Crippen molar-refractivity contribution >= 4 is 11.3 Å². The van der Waals surface area contributed by atoms with Crippen molar-refractivity contribution in [1.82, 2.24) is 29.5 Å². The molecule has 2 aromatic rings. The van der Waals surface area contributed by atoms with Gasteiger partial charge in [0.2, 0.25) is 0 Å². The maximum absolute atomic E-state index is 4.91. The van der Waals surface area contributed by atoms with Crippen molar-refractivity contribution in [3.8, 4) is 0 Å². The number of rotatable bonds is 5. The van der Waals surface area contributed by atoms with Gasteiger partial charge in [0.15, 0.2) is 0 Å². The van der Waals surface area contributed by atoms with E-state index in [0.717, 1.165) is 37.8 Å². The maximum atomic E-state index is 4.91. The molecule has 0 unspecified atom stereocenters. The Labute approximate surface area is 160 Å². The topological polar surface area (TPSA) is 50.1 Å². The molecular formula is C19H30N6S. The number of nitrogens with zero attached hydrogens (tertiary/aromatic N) is 6. The lowest BCUT2D eigenvalue weighted by Crippen LogP contribution is -2.33. The highest BCUT2D eigenvalue weighted by molar-refractivity contribution is 7.11. The first-order chi connectivity index (χ1) is 12.6. The van der Waals surface area contributed by atoms with Gasteiger partial charge in [0, 0.05) is 17.8 Å². The fourth-order valence-corrected chi connectivity index (χ4v) is 5.36. The molecule has 7 heteroatoms. The van der Waals surface area contributed by atoms with Gasteiger partial charge in [-0.15, -0.1) is 21.5 Å². The number of hydrogen-bond donors (Lipinski definition) is 0. The van der Waals surface area contributed by atoms with Crippen molar-refractivity contribution < 1.29 is 0 Å². The SMILES string of the molecule is CN(C)Cc1nnc(C2CCN(Cc3nc4c(s3)CCCC4)CC2)n1C. The minimum Gasteiger partial charge on any atom is -0.317 e. The van der Waals surface area contributed by atoms with Gasteiger partial charge in [-0.1, -0.05) is 0 Å². The van der Waals surface area contributed by atoms with Crippen molar-refractivity contribution in [2.24, 2.45) is 7.05 Å². The van der Waals surface area contributed by atoms with Crippen LogP contribution in [0.5, 0.6) is 0 Å². The lowest BCUT2D eigenvalue weighted by Gasteiger charge is -2.30. The summed E-state index contributed by atoms with van der Waals surface area (Å²) < 4.78 is 2.20. The van der Waals surface area contributed by atoms with Crippen LogP contribution in [0.25, 0.3) is 0 Å². The molecule has 1 aliphatic heterocycles. The van der Waals surface area contributed by atoms with Crippen molar-refractivity contribution in [3.63, 3.8) is 0 Å². The molecule has 0 radical (unpaired) electrons. The zero-order valence-electron chi connectivity index (χ0n) is 16.2. The molecule has 142 valence electrons. The van der Waals surface area contributed by atoms with Crippen LogP contribution in [-0.2, 0) is 33.0 Å². The minimum atomic E-state index is 0.532.